The lowest BCUT2D eigenvalue weighted by molar-refractivity contribution is -0.144. The average Bonchev–Trinajstić information content (AvgIpc) is 2.66. The summed E-state index contributed by atoms with van der Waals surface area (Å²) in [6.07, 6.45) is 2.05. The number of carbonyl (C=O) groups is 5. The average molecular weight is 448 g/mol. The number of nitrogens with two attached hydrogens (primary N) is 2. The van der Waals surface area contributed by atoms with Gasteiger partial charge in [-0.25, -0.2) is 4.79 Å². The number of hydrogen-bond donors (Lipinski definition) is 6. The zero-order valence-corrected chi connectivity index (χ0v) is 18.6. The first-order valence-corrected chi connectivity index (χ1v) is 11.0. The van der Waals surface area contributed by atoms with Gasteiger partial charge >= 0.3 is 5.97 Å². The highest BCUT2D eigenvalue weighted by Gasteiger charge is 2.32. The standard InChI is InChI=1S/C18H33N5O6S/c1-5-9(2)14(18(28)29)23-17(27)12(8-13(20)24)22-16(26)11(6-7-30-4)21-15(25)10(3)19/h9-12,14H,5-8,19H2,1-4H3,(H2,20,24)(H,21,25)(H,22,26)(H,23,27)(H,28,29). The van der Waals surface area contributed by atoms with Crippen molar-refractivity contribution in [1.29, 1.82) is 0 Å². The van der Waals surface area contributed by atoms with E-state index >= 15 is 0 Å². The Bertz CT molecular complexity index is 630. The lowest BCUT2D eigenvalue weighted by atomic mass is 9.98. The van der Waals surface area contributed by atoms with Gasteiger partial charge in [-0.1, -0.05) is 20.3 Å². The molecule has 5 unspecified atom stereocenters. The van der Waals surface area contributed by atoms with Crippen LogP contribution in [-0.2, 0) is 24.0 Å². The zero-order valence-electron chi connectivity index (χ0n) is 17.8. The number of amides is 4. The Kier molecular flexibility index (Phi) is 12.7. The fourth-order valence-electron chi connectivity index (χ4n) is 2.43. The molecule has 12 heteroatoms. The molecule has 0 aromatic heterocycles. The molecule has 0 saturated heterocycles. The molecule has 0 aliphatic heterocycles. The Morgan fingerprint density at radius 2 is 1.50 bits per heavy atom. The molecule has 0 bridgehead atoms. The molecule has 0 aromatic carbocycles. The summed E-state index contributed by atoms with van der Waals surface area (Å²) in [4.78, 5) is 60.1. The molecule has 30 heavy (non-hydrogen) atoms. The molecule has 0 aliphatic rings. The van der Waals surface area contributed by atoms with Crippen LogP contribution in [0.25, 0.3) is 0 Å². The molecule has 4 amide bonds. The largest absolute Gasteiger partial charge is 0.480 e. The van der Waals surface area contributed by atoms with Gasteiger partial charge in [0.05, 0.1) is 12.5 Å². The normalized spacial score (nSPS) is 15.8. The molecule has 0 spiro atoms. The third-order valence-electron chi connectivity index (χ3n) is 4.47. The van der Waals surface area contributed by atoms with Gasteiger partial charge in [0, 0.05) is 0 Å². The Morgan fingerprint density at radius 3 is 1.93 bits per heavy atom. The van der Waals surface area contributed by atoms with Gasteiger partial charge in [0.1, 0.15) is 18.1 Å². The molecule has 5 atom stereocenters. The fourth-order valence-corrected chi connectivity index (χ4v) is 2.90. The number of thioether (sulfide) groups is 1. The summed E-state index contributed by atoms with van der Waals surface area (Å²) in [5.41, 5.74) is 10.7. The van der Waals surface area contributed by atoms with E-state index in [0.717, 1.165) is 0 Å². The third kappa shape index (κ3) is 9.92. The second-order valence-electron chi connectivity index (χ2n) is 7.07. The molecular formula is C18H33N5O6S. The van der Waals surface area contributed by atoms with E-state index in [1.165, 1.54) is 18.7 Å². The number of primary amides is 1. The van der Waals surface area contributed by atoms with E-state index in [0.29, 0.717) is 12.2 Å². The van der Waals surface area contributed by atoms with Crippen LogP contribution >= 0.6 is 11.8 Å². The van der Waals surface area contributed by atoms with Crippen LogP contribution in [0.4, 0.5) is 0 Å². The van der Waals surface area contributed by atoms with E-state index in [2.05, 4.69) is 16.0 Å². The maximum Gasteiger partial charge on any atom is 0.326 e. The Labute approximate surface area is 180 Å². The molecule has 172 valence electrons. The van der Waals surface area contributed by atoms with E-state index < -0.39 is 60.2 Å². The third-order valence-corrected chi connectivity index (χ3v) is 5.12. The van der Waals surface area contributed by atoms with E-state index in [4.69, 9.17) is 11.5 Å². The predicted octanol–water partition coefficient (Wildman–Crippen LogP) is -1.45. The summed E-state index contributed by atoms with van der Waals surface area (Å²) in [6, 6.07) is -4.40. The van der Waals surface area contributed by atoms with Gasteiger partial charge in [-0.2, -0.15) is 11.8 Å². The van der Waals surface area contributed by atoms with Crippen LogP contribution in [0.1, 0.15) is 40.0 Å². The van der Waals surface area contributed by atoms with Crippen molar-refractivity contribution >= 4 is 41.4 Å². The van der Waals surface area contributed by atoms with Gasteiger partial charge in [-0.15, -0.1) is 0 Å². The summed E-state index contributed by atoms with van der Waals surface area (Å²) in [6.45, 7) is 4.89. The first-order chi connectivity index (χ1) is 13.9. The second kappa shape index (κ2) is 13.8. The number of nitrogens with one attached hydrogen (secondary N) is 3. The van der Waals surface area contributed by atoms with Crippen molar-refractivity contribution in [3.63, 3.8) is 0 Å². The summed E-state index contributed by atoms with van der Waals surface area (Å²) in [5, 5.41) is 16.6. The van der Waals surface area contributed by atoms with Gasteiger partial charge in [0.2, 0.25) is 23.6 Å². The van der Waals surface area contributed by atoms with Gasteiger partial charge in [-0.05, 0) is 31.3 Å². The summed E-state index contributed by atoms with van der Waals surface area (Å²) >= 11 is 1.45. The smallest absolute Gasteiger partial charge is 0.326 e. The molecule has 0 radical (unpaired) electrons. The Hall–Kier alpha value is -2.34. The quantitative estimate of drug-likeness (QED) is 0.186. The van der Waals surface area contributed by atoms with Gasteiger partial charge in [-0.3, -0.25) is 19.2 Å². The summed E-state index contributed by atoms with van der Waals surface area (Å²) < 4.78 is 0. The molecule has 0 saturated carbocycles. The Balaban J connectivity index is 5.45. The van der Waals surface area contributed by atoms with Crippen molar-refractivity contribution in [2.24, 2.45) is 17.4 Å². The van der Waals surface area contributed by atoms with E-state index in [9.17, 15) is 29.1 Å². The SMILES string of the molecule is CCC(C)C(NC(=O)C(CC(N)=O)NC(=O)C(CCSC)NC(=O)C(C)N)C(=O)O. The molecular weight excluding hydrogens is 414 g/mol. The highest BCUT2D eigenvalue weighted by molar-refractivity contribution is 7.98. The topological polar surface area (TPSA) is 194 Å². The summed E-state index contributed by atoms with van der Waals surface area (Å²) in [7, 11) is 0. The van der Waals surface area contributed by atoms with Crippen LogP contribution in [0.3, 0.4) is 0 Å². The predicted molar refractivity (Wildman–Crippen MR) is 113 cm³/mol. The van der Waals surface area contributed by atoms with Crippen molar-refractivity contribution in [2.45, 2.75) is 64.2 Å². The minimum atomic E-state index is -1.38. The van der Waals surface area contributed by atoms with E-state index in [-0.39, 0.29) is 12.3 Å². The van der Waals surface area contributed by atoms with E-state index in [1.807, 2.05) is 6.26 Å². The number of carboxylic acid groups (broad SMARTS) is 1. The molecule has 0 heterocycles. The second-order valence-corrected chi connectivity index (χ2v) is 8.06. The minimum absolute atomic E-state index is 0.265. The van der Waals surface area contributed by atoms with Crippen molar-refractivity contribution in [1.82, 2.24) is 16.0 Å². The Morgan fingerprint density at radius 1 is 0.967 bits per heavy atom. The minimum Gasteiger partial charge on any atom is -0.480 e. The molecule has 0 aliphatic carbocycles. The van der Waals surface area contributed by atoms with Crippen molar-refractivity contribution < 1.29 is 29.1 Å². The van der Waals surface area contributed by atoms with Crippen molar-refractivity contribution in [3.05, 3.63) is 0 Å². The van der Waals surface area contributed by atoms with Crippen LogP contribution in [0.2, 0.25) is 0 Å². The summed E-state index contributed by atoms with van der Waals surface area (Å²) in [5.74, 6) is -4.02. The number of carboxylic acids is 1. The molecule has 11 nitrogen and oxygen atoms in total. The first kappa shape index (κ1) is 27.7. The van der Waals surface area contributed by atoms with Gasteiger partial charge < -0.3 is 32.5 Å². The van der Waals surface area contributed by atoms with Crippen LogP contribution in [0, 0.1) is 5.92 Å². The van der Waals surface area contributed by atoms with Crippen LogP contribution in [0.15, 0.2) is 0 Å². The maximum atomic E-state index is 12.7. The zero-order chi connectivity index (χ0) is 23.4. The maximum absolute atomic E-state index is 12.7. The van der Waals surface area contributed by atoms with Gasteiger partial charge in [0.25, 0.3) is 0 Å². The molecule has 0 rings (SSSR count). The van der Waals surface area contributed by atoms with Crippen LogP contribution in [0.5, 0.6) is 0 Å². The lowest BCUT2D eigenvalue weighted by Gasteiger charge is -2.26. The lowest BCUT2D eigenvalue weighted by Crippen LogP contribution is -2.58. The highest BCUT2D eigenvalue weighted by Crippen LogP contribution is 2.09. The molecule has 0 fully saturated rings. The fraction of sp³-hybridized carbons (Fsp3) is 0.722. The number of carbonyl (C=O) groups excluding carboxylic acids is 4. The molecule has 0 aromatic rings. The van der Waals surface area contributed by atoms with Crippen LogP contribution in [-0.4, -0.2) is 70.9 Å². The van der Waals surface area contributed by atoms with E-state index in [1.54, 1.807) is 13.8 Å². The van der Waals surface area contributed by atoms with Gasteiger partial charge in [0.15, 0.2) is 0 Å². The van der Waals surface area contributed by atoms with Crippen LogP contribution < -0.4 is 27.4 Å². The monoisotopic (exact) mass is 447 g/mol. The highest BCUT2D eigenvalue weighted by atomic mass is 32.2. The molecule has 8 N–H and O–H groups in total. The van der Waals surface area contributed by atoms with Crippen molar-refractivity contribution in [3.8, 4) is 0 Å². The first-order valence-electron chi connectivity index (χ1n) is 9.61. The number of rotatable bonds is 14. The van der Waals surface area contributed by atoms with Crippen molar-refractivity contribution in [2.75, 3.05) is 12.0 Å². The number of aliphatic carboxylic acids is 1. The number of hydrogen-bond acceptors (Lipinski definition) is 7.